The summed E-state index contributed by atoms with van der Waals surface area (Å²) in [7, 11) is 1.69. The topological polar surface area (TPSA) is 91.1 Å². The Labute approximate surface area is 186 Å². The minimum atomic E-state index is -2.86. The van der Waals surface area contributed by atoms with Crippen LogP contribution in [-0.2, 0) is 0 Å². The second-order valence-electron chi connectivity index (χ2n) is 7.46. The Kier molecular flexibility index (Phi) is 8.29. The zero-order chi connectivity index (χ0) is 22.9. The molecule has 1 amide bonds. The number of nitrogens with one attached hydrogen (secondary N) is 3. The van der Waals surface area contributed by atoms with Crippen LogP contribution in [0.15, 0.2) is 46.0 Å². The molecule has 0 saturated carbocycles. The van der Waals surface area contributed by atoms with Crippen molar-refractivity contribution in [2.45, 2.75) is 32.4 Å². The second-order valence-corrected chi connectivity index (χ2v) is 7.46. The first-order chi connectivity index (χ1) is 15.5. The smallest absolute Gasteiger partial charge is 0.387 e. The van der Waals surface area contributed by atoms with Crippen LogP contribution in [0.3, 0.4) is 0 Å². The van der Waals surface area contributed by atoms with E-state index in [4.69, 9.17) is 4.42 Å². The van der Waals surface area contributed by atoms with E-state index < -0.39 is 6.61 Å². The Bertz CT molecular complexity index is 918. The van der Waals surface area contributed by atoms with E-state index in [-0.39, 0.29) is 17.7 Å². The quantitative estimate of drug-likeness (QED) is 0.310. The van der Waals surface area contributed by atoms with Crippen molar-refractivity contribution in [1.29, 1.82) is 0 Å². The Balaban J connectivity index is 1.40. The molecule has 10 heteroatoms. The van der Waals surface area contributed by atoms with Gasteiger partial charge < -0.3 is 30.0 Å². The summed E-state index contributed by atoms with van der Waals surface area (Å²) in [5.74, 6) is 0.943. The molecule has 3 N–H and O–H groups in total. The molecule has 1 atom stereocenters. The van der Waals surface area contributed by atoms with E-state index in [1.807, 2.05) is 11.8 Å². The summed E-state index contributed by atoms with van der Waals surface area (Å²) in [6, 6.07) is 8.68. The standard InChI is InChI=1S/C22H29F2N5O3/c1-15-9-13-31-19(15)20(30)26-10-5-11-27-22(25-2)28-16-8-12-29(14-16)17-6-3-4-7-18(17)32-21(23)24/h3-4,6-7,9,13,16,21H,5,8,10-12,14H2,1-2H3,(H,26,30)(H2,25,27,28). The molecule has 1 aliphatic rings. The SMILES string of the molecule is CN=C(NCCCNC(=O)c1occc1C)NC1CCN(c2ccccc2OC(F)F)C1. The van der Waals surface area contributed by atoms with Gasteiger partial charge in [-0.3, -0.25) is 9.79 Å². The Morgan fingerprint density at radius 1 is 1.28 bits per heavy atom. The van der Waals surface area contributed by atoms with Gasteiger partial charge in [0.2, 0.25) is 0 Å². The van der Waals surface area contributed by atoms with Crippen molar-refractivity contribution in [3.8, 4) is 5.75 Å². The summed E-state index contributed by atoms with van der Waals surface area (Å²) in [4.78, 5) is 18.3. The number of hydrogen-bond acceptors (Lipinski definition) is 5. The van der Waals surface area contributed by atoms with Crippen LogP contribution < -0.4 is 25.6 Å². The van der Waals surface area contributed by atoms with E-state index in [0.29, 0.717) is 43.5 Å². The zero-order valence-corrected chi connectivity index (χ0v) is 18.2. The number of para-hydroxylation sites is 2. The highest BCUT2D eigenvalue weighted by Gasteiger charge is 2.26. The summed E-state index contributed by atoms with van der Waals surface area (Å²) < 4.78 is 35.2. The predicted molar refractivity (Wildman–Crippen MR) is 119 cm³/mol. The van der Waals surface area contributed by atoms with E-state index in [1.54, 1.807) is 37.4 Å². The number of benzene rings is 1. The molecule has 0 bridgehead atoms. The van der Waals surface area contributed by atoms with E-state index >= 15 is 0 Å². The maximum atomic E-state index is 12.7. The molecule has 1 fully saturated rings. The minimum Gasteiger partial charge on any atom is -0.459 e. The molecular formula is C22H29F2N5O3. The Morgan fingerprint density at radius 3 is 2.78 bits per heavy atom. The van der Waals surface area contributed by atoms with Crippen LogP contribution in [0.5, 0.6) is 5.75 Å². The fourth-order valence-corrected chi connectivity index (χ4v) is 3.58. The average molecular weight is 450 g/mol. The highest BCUT2D eigenvalue weighted by molar-refractivity contribution is 5.92. The summed E-state index contributed by atoms with van der Waals surface area (Å²) in [6.45, 7) is 1.45. The van der Waals surface area contributed by atoms with Gasteiger partial charge in [-0.05, 0) is 38.0 Å². The van der Waals surface area contributed by atoms with Crippen molar-refractivity contribution in [2.75, 3.05) is 38.1 Å². The van der Waals surface area contributed by atoms with Crippen LogP contribution >= 0.6 is 0 Å². The average Bonchev–Trinajstić information content (AvgIpc) is 3.41. The van der Waals surface area contributed by atoms with Crippen molar-refractivity contribution in [3.63, 3.8) is 0 Å². The predicted octanol–water partition coefficient (Wildman–Crippen LogP) is 2.75. The summed E-state index contributed by atoms with van der Waals surface area (Å²) in [5.41, 5.74) is 1.46. The van der Waals surface area contributed by atoms with Crippen LogP contribution in [0.1, 0.15) is 29.0 Å². The van der Waals surface area contributed by atoms with Gasteiger partial charge in [0, 0.05) is 44.8 Å². The number of guanidine groups is 1. The maximum Gasteiger partial charge on any atom is 0.387 e. The number of nitrogens with zero attached hydrogens (tertiary/aromatic N) is 2. The van der Waals surface area contributed by atoms with E-state index in [2.05, 4.69) is 25.7 Å². The number of halogens is 2. The highest BCUT2D eigenvalue weighted by atomic mass is 19.3. The molecule has 2 heterocycles. The highest BCUT2D eigenvalue weighted by Crippen LogP contribution is 2.31. The van der Waals surface area contributed by atoms with Crippen LogP contribution in [0.2, 0.25) is 0 Å². The van der Waals surface area contributed by atoms with Crippen molar-refractivity contribution in [2.24, 2.45) is 4.99 Å². The molecule has 174 valence electrons. The monoisotopic (exact) mass is 449 g/mol. The lowest BCUT2D eigenvalue weighted by Gasteiger charge is -2.22. The third kappa shape index (κ3) is 6.35. The van der Waals surface area contributed by atoms with Gasteiger partial charge >= 0.3 is 6.61 Å². The van der Waals surface area contributed by atoms with E-state index in [9.17, 15) is 13.6 Å². The molecule has 1 aromatic heterocycles. The number of alkyl halides is 2. The molecule has 8 nitrogen and oxygen atoms in total. The first-order valence-corrected chi connectivity index (χ1v) is 10.6. The molecule has 1 saturated heterocycles. The molecule has 0 spiro atoms. The number of hydrogen-bond donors (Lipinski definition) is 3. The number of carbonyl (C=O) groups is 1. The van der Waals surface area contributed by atoms with Crippen molar-refractivity contribution in [3.05, 3.63) is 47.9 Å². The van der Waals surface area contributed by atoms with Crippen molar-refractivity contribution in [1.82, 2.24) is 16.0 Å². The largest absolute Gasteiger partial charge is 0.459 e. The lowest BCUT2D eigenvalue weighted by Crippen LogP contribution is -2.45. The van der Waals surface area contributed by atoms with Crippen molar-refractivity contribution >= 4 is 17.6 Å². The third-order valence-corrected chi connectivity index (χ3v) is 5.17. The van der Waals surface area contributed by atoms with E-state index in [0.717, 1.165) is 18.5 Å². The Morgan fingerprint density at radius 2 is 2.06 bits per heavy atom. The zero-order valence-electron chi connectivity index (χ0n) is 18.2. The Hall–Kier alpha value is -3.30. The molecule has 2 aromatic rings. The van der Waals surface area contributed by atoms with Crippen LogP contribution in [0, 0.1) is 6.92 Å². The number of aryl methyl sites for hydroxylation is 1. The van der Waals surface area contributed by atoms with Crippen LogP contribution in [0.4, 0.5) is 14.5 Å². The maximum absolute atomic E-state index is 12.7. The number of amides is 1. The molecule has 1 aromatic carbocycles. The van der Waals surface area contributed by atoms with Gasteiger partial charge in [-0.2, -0.15) is 8.78 Å². The van der Waals surface area contributed by atoms with Crippen LogP contribution in [0.25, 0.3) is 0 Å². The molecule has 1 unspecified atom stereocenters. The first-order valence-electron chi connectivity index (χ1n) is 10.6. The lowest BCUT2D eigenvalue weighted by atomic mass is 10.2. The molecular weight excluding hydrogens is 420 g/mol. The van der Waals surface area contributed by atoms with Gasteiger partial charge in [0.15, 0.2) is 11.7 Å². The number of rotatable bonds is 9. The third-order valence-electron chi connectivity index (χ3n) is 5.17. The molecule has 1 aliphatic heterocycles. The second kappa shape index (κ2) is 11.4. The fraction of sp³-hybridized carbons (Fsp3) is 0.455. The fourth-order valence-electron chi connectivity index (χ4n) is 3.58. The first kappa shape index (κ1) is 23.4. The van der Waals surface area contributed by atoms with Gasteiger partial charge in [0.25, 0.3) is 5.91 Å². The van der Waals surface area contributed by atoms with Gasteiger partial charge in [-0.1, -0.05) is 12.1 Å². The van der Waals surface area contributed by atoms with Gasteiger partial charge in [0.05, 0.1) is 12.0 Å². The molecule has 0 radical (unpaired) electrons. The van der Waals surface area contributed by atoms with Crippen molar-refractivity contribution < 1.29 is 22.7 Å². The van der Waals surface area contributed by atoms with Crippen LogP contribution in [-0.4, -0.2) is 57.7 Å². The lowest BCUT2D eigenvalue weighted by molar-refractivity contribution is -0.0495. The van der Waals surface area contributed by atoms with Gasteiger partial charge in [-0.25, -0.2) is 0 Å². The normalized spacial score (nSPS) is 16.3. The molecule has 3 rings (SSSR count). The number of ether oxygens (including phenoxy) is 1. The summed E-state index contributed by atoms with van der Waals surface area (Å²) >= 11 is 0. The number of furan rings is 1. The number of anilines is 1. The number of carbonyl (C=O) groups excluding carboxylic acids is 1. The molecule has 32 heavy (non-hydrogen) atoms. The van der Waals surface area contributed by atoms with Gasteiger partial charge in [-0.15, -0.1) is 0 Å². The minimum absolute atomic E-state index is 0.113. The number of aliphatic imine (C=N–C) groups is 1. The molecule has 0 aliphatic carbocycles. The summed E-state index contributed by atoms with van der Waals surface area (Å²) in [6.07, 6.45) is 3.04. The summed E-state index contributed by atoms with van der Waals surface area (Å²) in [5, 5.41) is 9.42. The van der Waals surface area contributed by atoms with Gasteiger partial charge in [0.1, 0.15) is 5.75 Å². The van der Waals surface area contributed by atoms with E-state index in [1.165, 1.54) is 6.26 Å².